The Morgan fingerprint density at radius 1 is 1.08 bits per heavy atom. The van der Waals surface area contributed by atoms with E-state index in [1.54, 1.807) is 12.3 Å². The average molecular weight is 331 g/mol. The number of aliphatic imine (C=N–C) groups is 1. The number of nitrogens with zero attached hydrogens (tertiary/aromatic N) is 3. The first kappa shape index (κ1) is 15.3. The van der Waals surface area contributed by atoms with Crippen molar-refractivity contribution in [1.29, 1.82) is 0 Å². The van der Waals surface area contributed by atoms with Crippen LogP contribution in [-0.4, -0.2) is 20.8 Å². The molecule has 0 atom stereocenters. The van der Waals surface area contributed by atoms with Crippen LogP contribution in [0.5, 0.6) is 0 Å². The van der Waals surface area contributed by atoms with Gasteiger partial charge in [-0.3, -0.25) is 4.99 Å². The molecule has 0 aliphatic carbocycles. The van der Waals surface area contributed by atoms with Crippen molar-refractivity contribution in [1.82, 2.24) is 9.97 Å². The Kier molecular flexibility index (Phi) is 3.87. The van der Waals surface area contributed by atoms with Crippen molar-refractivity contribution in [3.05, 3.63) is 77.0 Å². The third-order valence-electron chi connectivity index (χ3n) is 4.13. The van der Waals surface area contributed by atoms with Gasteiger partial charge in [0.05, 0.1) is 18.9 Å². The lowest BCUT2D eigenvalue weighted by atomic mass is 9.99. The van der Waals surface area contributed by atoms with E-state index in [-0.39, 0.29) is 12.6 Å². The summed E-state index contributed by atoms with van der Waals surface area (Å²) >= 11 is 0. The molecule has 6 heteroatoms. The van der Waals surface area contributed by atoms with Crippen LogP contribution in [0.1, 0.15) is 22.3 Å². The molecule has 1 aromatic heterocycles. The summed E-state index contributed by atoms with van der Waals surface area (Å²) in [6.45, 7) is 0.715. The van der Waals surface area contributed by atoms with Gasteiger partial charge in [0.25, 0.3) is 0 Å². The zero-order valence-electron chi connectivity index (χ0n) is 13.5. The minimum atomic E-state index is 0.0411. The summed E-state index contributed by atoms with van der Waals surface area (Å²) in [4.78, 5) is 12.7. The molecule has 2 aromatic carbocycles. The molecule has 124 valence electrons. The van der Waals surface area contributed by atoms with Crippen molar-refractivity contribution in [2.45, 2.75) is 13.2 Å². The lowest BCUT2D eigenvalue weighted by molar-refractivity contribution is 0.282. The van der Waals surface area contributed by atoms with E-state index < -0.39 is 0 Å². The van der Waals surface area contributed by atoms with Gasteiger partial charge in [0.1, 0.15) is 5.82 Å². The highest BCUT2D eigenvalue weighted by Gasteiger charge is 2.18. The van der Waals surface area contributed by atoms with Crippen LogP contribution in [0.3, 0.4) is 0 Å². The van der Waals surface area contributed by atoms with E-state index in [0.29, 0.717) is 12.4 Å². The molecule has 0 saturated heterocycles. The van der Waals surface area contributed by atoms with E-state index in [9.17, 15) is 5.11 Å². The maximum atomic E-state index is 9.19. The number of aliphatic hydroxyl groups excluding tert-OH is 1. The summed E-state index contributed by atoms with van der Waals surface area (Å²) in [5.74, 6) is 0.883. The van der Waals surface area contributed by atoms with Crippen LogP contribution in [0.25, 0.3) is 0 Å². The van der Waals surface area contributed by atoms with Gasteiger partial charge in [-0.1, -0.05) is 30.3 Å². The lowest BCUT2D eigenvalue weighted by Gasteiger charge is -2.10. The molecule has 0 radical (unpaired) electrons. The third-order valence-corrected chi connectivity index (χ3v) is 4.13. The first-order valence-corrected chi connectivity index (χ1v) is 7.96. The number of anilines is 3. The number of nitrogens with two attached hydrogens (primary N) is 1. The largest absolute Gasteiger partial charge is 0.392 e. The Hall–Kier alpha value is -3.25. The van der Waals surface area contributed by atoms with E-state index in [4.69, 9.17) is 5.73 Å². The standard InChI is InChI=1S/C19H17N5O/c20-19-21-8-7-17(24-19)23-15-6-5-14-10-22-18(16(14)9-15)13-3-1-12(11-25)2-4-13/h1-9,25H,10-11H2,(H3,20,21,23,24). The number of rotatable bonds is 4. The molecule has 4 rings (SSSR count). The predicted octanol–water partition coefficient (Wildman–Crippen LogP) is 2.65. The highest BCUT2D eigenvalue weighted by molar-refractivity contribution is 6.15. The second kappa shape index (κ2) is 6.33. The van der Waals surface area contributed by atoms with Gasteiger partial charge in [-0.25, -0.2) is 4.98 Å². The number of hydrogen-bond acceptors (Lipinski definition) is 6. The molecule has 4 N–H and O–H groups in total. The molecule has 0 amide bonds. The monoisotopic (exact) mass is 331 g/mol. The van der Waals surface area contributed by atoms with Crippen molar-refractivity contribution in [2.75, 3.05) is 11.1 Å². The highest BCUT2D eigenvalue weighted by Crippen LogP contribution is 2.27. The Morgan fingerprint density at radius 3 is 2.68 bits per heavy atom. The van der Waals surface area contributed by atoms with Gasteiger partial charge in [-0.2, -0.15) is 4.98 Å². The number of aromatic nitrogens is 2. The molecule has 0 unspecified atom stereocenters. The molecular weight excluding hydrogens is 314 g/mol. The van der Waals surface area contributed by atoms with Crippen LogP contribution in [0.15, 0.2) is 59.7 Å². The molecule has 0 fully saturated rings. The van der Waals surface area contributed by atoms with E-state index >= 15 is 0 Å². The maximum Gasteiger partial charge on any atom is 0.221 e. The quantitative estimate of drug-likeness (QED) is 0.683. The van der Waals surface area contributed by atoms with E-state index in [1.807, 2.05) is 30.3 Å². The van der Waals surface area contributed by atoms with Gasteiger partial charge in [0.2, 0.25) is 5.95 Å². The number of benzene rings is 2. The molecule has 0 spiro atoms. The molecule has 3 aromatic rings. The van der Waals surface area contributed by atoms with Crippen LogP contribution in [0.4, 0.5) is 17.5 Å². The second-order valence-corrected chi connectivity index (χ2v) is 5.82. The smallest absolute Gasteiger partial charge is 0.221 e. The number of aliphatic hydroxyl groups is 1. The molecule has 2 heterocycles. The van der Waals surface area contributed by atoms with Crippen LogP contribution >= 0.6 is 0 Å². The fourth-order valence-corrected chi connectivity index (χ4v) is 2.87. The summed E-state index contributed by atoms with van der Waals surface area (Å²) in [6, 6.07) is 15.7. The molecule has 0 saturated carbocycles. The zero-order valence-corrected chi connectivity index (χ0v) is 13.5. The SMILES string of the molecule is Nc1nccc(Nc2ccc3c(c2)C(c2ccc(CO)cc2)=NC3)n1. The normalized spacial score (nSPS) is 12.6. The molecule has 0 bridgehead atoms. The van der Waals surface area contributed by atoms with Crippen LogP contribution in [0.2, 0.25) is 0 Å². The van der Waals surface area contributed by atoms with Gasteiger partial charge < -0.3 is 16.2 Å². The fourth-order valence-electron chi connectivity index (χ4n) is 2.87. The van der Waals surface area contributed by atoms with Gasteiger partial charge in [-0.15, -0.1) is 0 Å². The van der Waals surface area contributed by atoms with E-state index in [0.717, 1.165) is 28.1 Å². The number of nitrogens with one attached hydrogen (secondary N) is 1. The maximum absolute atomic E-state index is 9.19. The summed E-state index contributed by atoms with van der Waals surface area (Å²) in [7, 11) is 0. The Labute approximate surface area is 145 Å². The zero-order chi connectivity index (χ0) is 17.2. The predicted molar refractivity (Wildman–Crippen MR) is 97.9 cm³/mol. The third kappa shape index (κ3) is 3.07. The molecule has 1 aliphatic heterocycles. The summed E-state index contributed by atoms with van der Waals surface area (Å²) in [5, 5.41) is 12.4. The average Bonchev–Trinajstić information content (AvgIpc) is 3.05. The fraction of sp³-hybridized carbons (Fsp3) is 0.105. The second-order valence-electron chi connectivity index (χ2n) is 5.82. The number of nitrogen functional groups attached to an aromatic ring is 1. The Balaban J connectivity index is 1.64. The van der Waals surface area contributed by atoms with Gasteiger partial charge in [0, 0.05) is 23.0 Å². The van der Waals surface area contributed by atoms with Gasteiger partial charge >= 0.3 is 0 Å². The Morgan fingerprint density at radius 2 is 1.92 bits per heavy atom. The first-order valence-electron chi connectivity index (χ1n) is 7.96. The molecule has 25 heavy (non-hydrogen) atoms. The van der Waals surface area contributed by atoms with Crippen molar-refractivity contribution in [3.63, 3.8) is 0 Å². The lowest BCUT2D eigenvalue weighted by Crippen LogP contribution is -2.03. The summed E-state index contributed by atoms with van der Waals surface area (Å²) in [6.07, 6.45) is 1.62. The van der Waals surface area contributed by atoms with Crippen LogP contribution in [-0.2, 0) is 13.2 Å². The summed E-state index contributed by atoms with van der Waals surface area (Å²) in [5.41, 5.74) is 11.7. The van der Waals surface area contributed by atoms with Crippen molar-refractivity contribution < 1.29 is 5.11 Å². The van der Waals surface area contributed by atoms with E-state index in [1.165, 1.54) is 5.56 Å². The first-order chi connectivity index (χ1) is 12.2. The van der Waals surface area contributed by atoms with Crippen molar-refractivity contribution in [3.8, 4) is 0 Å². The highest BCUT2D eigenvalue weighted by atomic mass is 16.3. The molecule has 6 nitrogen and oxygen atoms in total. The van der Waals surface area contributed by atoms with Crippen molar-refractivity contribution in [2.24, 2.45) is 4.99 Å². The minimum absolute atomic E-state index is 0.0411. The topological polar surface area (TPSA) is 96.4 Å². The molecule has 1 aliphatic rings. The van der Waals surface area contributed by atoms with Crippen LogP contribution in [0, 0.1) is 0 Å². The van der Waals surface area contributed by atoms with Crippen LogP contribution < -0.4 is 11.1 Å². The number of fused-ring (bicyclic) bond motifs is 1. The van der Waals surface area contributed by atoms with E-state index in [2.05, 4.69) is 32.4 Å². The molecular formula is C19H17N5O. The Bertz CT molecular complexity index is 950. The summed E-state index contributed by atoms with van der Waals surface area (Å²) < 4.78 is 0. The minimum Gasteiger partial charge on any atom is -0.392 e. The van der Waals surface area contributed by atoms with Gasteiger partial charge in [-0.05, 0) is 29.3 Å². The van der Waals surface area contributed by atoms with Gasteiger partial charge in [0.15, 0.2) is 0 Å². The van der Waals surface area contributed by atoms with Crippen molar-refractivity contribution >= 4 is 23.2 Å². The number of hydrogen-bond donors (Lipinski definition) is 3.